The highest BCUT2D eigenvalue weighted by molar-refractivity contribution is 7.90. The fourth-order valence-corrected chi connectivity index (χ4v) is 4.41. The van der Waals surface area contributed by atoms with Gasteiger partial charge in [-0.1, -0.05) is 48.5 Å². The van der Waals surface area contributed by atoms with E-state index in [1.54, 1.807) is 36.4 Å². The van der Waals surface area contributed by atoms with E-state index in [0.29, 0.717) is 29.6 Å². The summed E-state index contributed by atoms with van der Waals surface area (Å²) in [6.07, 6.45) is 0. The molecule has 0 unspecified atom stereocenters. The number of hydrogen-bond acceptors (Lipinski definition) is 6. The zero-order valence-corrected chi connectivity index (χ0v) is 16.2. The Hall–Kier alpha value is -2.77. The summed E-state index contributed by atoms with van der Waals surface area (Å²) >= 11 is 0. The minimum absolute atomic E-state index is 0.170. The van der Waals surface area contributed by atoms with E-state index in [1.807, 2.05) is 30.3 Å². The van der Waals surface area contributed by atoms with Gasteiger partial charge in [0.1, 0.15) is 5.82 Å². The predicted octanol–water partition coefficient (Wildman–Crippen LogP) is 2.95. The minimum Gasteiger partial charge on any atom is -0.378 e. The van der Waals surface area contributed by atoms with Crippen LogP contribution in [0, 0.1) is 0 Å². The van der Waals surface area contributed by atoms with Gasteiger partial charge in [-0.25, -0.2) is 18.4 Å². The van der Waals surface area contributed by atoms with Crippen molar-refractivity contribution in [3.8, 4) is 11.4 Å². The summed E-state index contributed by atoms with van der Waals surface area (Å²) in [7, 11) is -3.49. The molecule has 28 heavy (non-hydrogen) atoms. The van der Waals surface area contributed by atoms with E-state index in [2.05, 4.69) is 9.88 Å². The number of anilines is 1. The Morgan fingerprint density at radius 1 is 0.893 bits per heavy atom. The fraction of sp³-hybridized carbons (Fsp3) is 0.238. The Morgan fingerprint density at radius 2 is 1.54 bits per heavy atom. The molecule has 1 aliphatic heterocycles. The molecule has 4 rings (SSSR count). The maximum Gasteiger partial charge on any atom is 0.184 e. The molecule has 1 aliphatic rings. The summed E-state index contributed by atoms with van der Waals surface area (Å²) in [5.74, 6) is 1.09. The zero-order chi connectivity index (χ0) is 19.4. The number of benzene rings is 2. The highest BCUT2D eigenvalue weighted by atomic mass is 32.2. The van der Waals surface area contributed by atoms with Crippen molar-refractivity contribution in [2.45, 2.75) is 10.6 Å². The van der Waals surface area contributed by atoms with Crippen LogP contribution < -0.4 is 4.90 Å². The smallest absolute Gasteiger partial charge is 0.184 e. The monoisotopic (exact) mass is 395 g/mol. The van der Waals surface area contributed by atoms with Crippen LogP contribution in [0.1, 0.15) is 5.69 Å². The van der Waals surface area contributed by atoms with E-state index in [9.17, 15) is 8.42 Å². The summed E-state index contributed by atoms with van der Waals surface area (Å²) in [6, 6.07) is 19.8. The Bertz CT molecular complexity index is 1040. The van der Waals surface area contributed by atoms with Crippen LogP contribution in [0.15, 0.2) is 71.6 Å². The van der Waals surface area contributed by atoms with E-state index in [-0.39, 0.29) is 5.75 Å². The van der Waals surface area contributed by atoms with Gasteiger partial charge in [-0.05, 0) is 12.1 Å². The van der Waals surface area contributed by atoms with Gasteiger partial charge in [-0.15, -0.1) is 0 Å². The first-order chi connectivity index (χ1) is 13.6. The number of sulfone groups is 1. The van der Waals surface area contributed by atoms with Crippen molar-refractivity contribution >= 4 is 15.7 Å². The van der Waals surface area contributed by atoms with Gasteiger partial charge in [0.25, 0.3) is 0 Å². The molecule has 0 atom stereocenters. The highest BCUT2D eigenvalue weighted by Gasteiger charge is 2.20. The molecule has 7 heteroatoms. The average Bonchev–Trinajstić information content (AvgIpc) is 2.75. The SMILES string of the molecule is O=S(=O)(Cc1cc(N2CCOCC2)nc(-c2ccccc2)n1)c1ccccc1. The molecule has 6 nitrogen and oxygen atoms in total. The van der Waals surface area contributed by atoms with Crippen LogP contribution >= 0.6 is 0 Å². The molecule has 1 aromatic heterocycles. The van der Waals surface area contributed by atoms with E-state index < -0.39 is 9.84 Å². The van der Waals surface area contributed by atoms with Crippen molar-refractivity contribution in [2.75, 3.05) is 31.2 Å². The van der Waals surface area contributed by atoms with Gasteiger partial charge in [0.2, 0.25) is 0 Å². The van der Waals surface area contributed by atoms with Crippen molar-refractivity contribution in [1.82, 2.24) is 9.97 Å². The quantitative estimate of drug-likeness (QED) is 0.661. The lowest BCUT2D eigenvalue weighted by molar-refractivity contribution is 0.122. The molecule has 2 heterocycles. The topological polar surface area (TPSA) is 72.4 Å². The second-order valence-electron chi connectivity index (χ2n) is 6.58. The van der Waals surface area contributed by atoms with Crippen LogP contribution in [-0.4, -0.2) is 44.7 Å². The summed E-state index contributed by atoms with van der Waals surface area (Å²) in [4.78, 5) is 11.7. The second-order valence-corrected chi connectivity index (χ2v) is 8.57. The molecule has 0 saturated carbocycles. The van der Waals surface area contributed by atoms with E-state index in [0.717, 1.165) is 24.5 Å². The zero-order valence-electron chi connectivity index (χ0n) is 15.4. The summed E-state index contributed by atoms with van der Waals surface area (Å²) in [6.45, 7) is 2.69. The van der Waals surface area contributed by atoms with E-state index >= 15 is 0 Å². The lowest BCUT2D eigenvalue weighted by Crippen LogP contribution is -2.37. The number of morpholine rings is 1. The molecule has 144 valence electrons. The molecule has 1 saturated heterocycles. The lowest BCUT2D eigenvalue weighted by atomic mass is 10.2. The molecule has 1 fully saturated rings. The van der Waals surface area contributed by atoms with Gasteiger partial charge in [-0.2, -0.15) is 0 Å². The van der Waals surface area contributed by atoms with Gasteiger partial charge >= 0.3 is 0 Å². The number of ether oxygens (including phenoxy) is 1. The summed E-state index contributed by atoms with van der Waals surface area (Å²) in [5.41, 5.74) is 1.34. The van der Waals surface area contributed by atoms with Crippen molar-refractivity contribution in [3.05, 3.63) is 72.4 Å². The maximum atomic E-state index is 12.8. The molecule has 0 N–H and O–H groups in total. The Kier molecular flexibility index (Phi) is 5.36. The van der Waals surface area contributed by atoms with Crippen LogP contribution in [-0.2, 0) is 20.3 Å². The third kappa shape index (κ3) is 4.21. The first kappa shape index (κ1) is 18.6. The Labute approximate surface area is 164 Å². The third-order valence-corrected chi connectivity index (χ3v) is 6.24. The van der Waals surface area contributed by atoms with Crippen molar-refractivity contribution in [1.29, 1.82) is 0 Å². The van der Waals surface area contributed by atoms with Crippen LogP contribution in [0.3, 0.4) is 0 Å². The van der Waals surface area contributed by atoms with Gasteiger partial charge in [0.15, 0.2) is 15.7 Å². The van der Waals surface area contributed by atoms with Crippen LogP contribution in [0.2, 0.25) is 0 Å². The predicted molar refractivity (Wildman–Crippen MR) is 108 cm³/mol. The lowest BCUT2D eigenvalue weighted by Gasteiger charge is -2.28. The number of aromatic nitrogens is 2. The first-order valence-corrected chi connectivity index (χ1v) is 10.8. The van der Waals surface area contributed by atoms with Gasteiger partial charge < -0.3 is 9.64 Å². The number of hydrogen-bond donors (Lipinski definition) is 0. The second kappa shape index (κ2) is 8.08. The summed E-state index contributed by atoms with van der Waals surface area (Å²) < 4.78 is 31.1. The maximum absolute atomic E-state index is 12.8. The summed E-state index contributed by atoms with van der Waals surface area (Å²) in [5, 5.41) is 0. The molecule has 3 aromatic rings. The third-order valence-electron chi connectivity index (χ3n) is 4.57. The molecule has 0 spiro atoms. The van der Waals surface area contributed by atoms with Crippen LogP contribution in [0.5, 0.6) is 0 Å². The first-order valence-electron chi connectivity index (χ1n) is 9.16. The largest absolute Gasteiger partial charge is 0.378 e. The van der Waals surface area contributed by atoms with E-state index in [4.69, 9.17) is 9.72 Å². The minimum atomic E-state index is -3.49. The van der Waals surface area contributed by atoms with Crippen molar-refractivity contribution in [3.63, 3.8) is 0 Å². The molecule has 0 radical (unpaired) electrons. The normalized spacial score (nSPS) is 14.8. The molecule has 0 bridgehead atoms. The molecule has 2 aromatic carbocycles. The fourth-order valence-electron chi connectivity index (χ4n) is 3.13. The van der Waals surface area contributed by atoms with Gasteiger partial charge in [0.05, 0.1) is 29.6 Å². The standard InChI is InChI=1S/C21H21N3O3S/c25-28(26,19-9-5-2-6-10-19)16-18-15-20(24-11-13-27-14-12-24)23-21(22-18)17-7-3-1-4-8-17/h1-10,15H,11-14,16H2. The van der Waals surface area contributed by atoms with Crippen LogP contribution in [0.25, 0.3) is 11.4 Å². The van der Waals surface area contributed by atoms with Crippen LogP contribution in [0.4, 0.5) is 5.82 Å². The van der Waals surface area contributed by atoms with E-state index in [1.165, 1.54) is 0 Å². The molecular weight excluding hydrogens is 374 g/mol. The number of nitrogens with zero attached hydrogens (tertiary/aromatic N) is 3. The van der Waals surface area contributed by atoms with Gasteiger partial charge in [-0.3, -0.25) is 0 Å². The Balaban J connectivity index is 1.73. The van der Waals surface area contributed by atoms with Crippen molar-refractivity contribution < 1.29 is 13.2 Å². The highest BCUT2D eigenvalue weighted by Crippen LogP contribution is 2.23. The molecule has 0 aliphatic carbocycles. The van der Waals surface area contributed by atoms with Gasteiger partial charge in [0, 0.05) is 24.7 Å². The molecular formula is C21H21N3O3S. The Morgan fingerprint density at radius 3 is 2.21 bits per heavy atom. The average molecular weight is 395 g/mol. The molecule has 0 amide bonds. The van der Waals surface area contributed by atoms with Crippen molar-refractivity contribution in [2.24, 2.45) is 0 Å². The number of rotatable bonds is 5.